The van der Waals surface area contributed by atoms with Gasteiger partial charge in [0, 0.05) is 19.2 Å². The fraction of sp³-hybridized carbons (Fsp3) is 0.400. The van der Waals surface area contributed by atoms with Crippen molar-refractivity contribution >= 4 is 23.1 Å². The van der Waals surface area contributed by atoms with Crippen LogP contribution in [0.15, 0.2) is 48.9 Å². The lowest BCUT2D eigenvalue weighted by molar-refractivity contribution is -0.135. The summed E-state index contributed by atoms with van der Waals surface area (Å²) in [6.45, 7) is 5.40. The highest BCUT2D eigenvalue weighted by Crippen LogP contribution is 2.42. The molecule has 2 N–H and O–H groups in total. The highest BCUT2D eigenvalue weighted by Gasteiger charge is 2.42. The second-order valence-electron chi connectivity index (χ2n) is 11.3. The van der Waals surface area contributed by atoms with Crippen LogP contribution in [-0.2, 0) is 15.2 Å². The van der Waals surface area contributed by atoms with E-state index in [-0.39, 0.29) is 59.7 Å². The number of benzene rings is 1. The van der Waals surface area contributed by atoms with E-state index in [1.165, 1.54) is 10.6 Å². The summed E-state index contributed by atoms with van der Waals surface area (Å²) in [5.74, 6) is -0.680. The Morgan fingerprint density at radius 2 is 1.78 bits per heavy atom. The minimum absolute atomic E-state index is 0.0218. The third kappa shape index (κ3) is 5.03. The number of fused-ring (bicyclic) bond motifs is 1. The van der Waals surface area contributed by atoms with Gasteiger partial charge in [-0.3, -0.25) is 9.78 Å². The molecule has 4 heterocycles. The molecule has 0 radical (unpaired) electrons. The number of amides is 1. The number of halogens is 3. The first kappa shape index (κ1) is 27.2. The summed E-state index contributed by atoms with van der Waals surface area (Å²) in [5.41, 5.74) is 0.161. The van der Waals surface area contributed by atoms with Crippen LogP contribution >= 0.6 is 0 Å². The highest BCUT2D eigenvalue weighted by atomic mass is 19.1. The molecule has 1 aromatic carbocycles. The van der Waals surface area contributed by atoms with Gasteiger partial charge in [-0.25, -0.2) is 18.2 Å². The van der Waals surface area contributed by atoms with Crippen molar-refractivity contribution in [3.05, 3.63) is 71.7 Å². The van der Waals surface area contributed by atoms with Crippen LogP contribution in [0.2, 0.25) is 0 Å². The predicted octanol–water partition coefficient (Wildman–Crippen LogP) is 5.66. The number of nitrogens with one attached hydrogen (secondary N) is 2. The van der Waals surface area contributed by atoms with Gasteiger partial charge in [0.1, 0.15) is 11.6 Å². The zero-order valence-electron chi connectivity index (χ0n) is 23.0. The predicted molar refractivity (Wildman–Crippen MR) is 147 cm³/mol. The molecule has 2 aliphatic rings. The monoisotopic (exact) mass is 564 g/mol. The number of alkyl halides is 1. The van der Waals surface area contributed by atoms with E-state index in [1.54, 1.807) is 31.6 Å². The van der Waals surface area contributed by atoms with Crippen LogP contribution in [-0.4, -0.2) is 44.7 Å². The Morgan fingerprint density at radius 1 is 1.07 bits per heavy atom. The molecule has 1 saturated carbocycles. The lowest BCUT2D eigenvalue weighted by Crippen LogP contribution is -2.46. The lowest BCUT2D eigenvalue weighted by atomic mass is 9.70. The van der Waals surface area contributed by atoms with Crippen LogP contribution < -0.4 is 10.6 Å². The van der Waals surface area contributed by atoms with Gasteiger partial charge in [-0.05, 0) is 72.1 Å². The molecule has 6 rings (SSSR count). The van der Waals surface area contributed by atoms with Crippen LogP contribution in [0.5, 0.6) is 0 Å². The Balaban J connectivity index is 1.30. The first-order chi connectivity index (χ1) is 19.6. The molecular formula is C30H31F3N6O2. The molecule has 4 aromatic rings. The molecular weight excluding hydrogens is 533 g/mol. The lowest BCUT2D eigenvalue weighted by Gasteiger charge is -2.40. The molecule has 1 amide bonds. The SMILES string of the molecule is CC(=O)NC1[C@H](C)CC(c2ccncc2Nc2ncc3ccc(-c4c(F)cc(C5(F)COC5)cc4F)nn23)C[C@@H]1C. The van der Waals surface area contributed by atoms with Crippen molar-refractivity contribution in [3.8, 4) is 11.3 Å². The second-order valence-corrected chi connectivity index (χ2v) is 11.3. The average Bonchev–Trinajstić information content (AvgIpc) is 3.31. The van der Waals surface area contributed by atoms with E-state index in [2.05, 4.69) is 39.5 Å². The molecule has 11 heteroatoms. The maximum atomic E-state index is 15.1. The van der Waals surface area contributed by atoms with Crippen LogP contribution in [0.3, 0.4) is 0 Å². The minimum atomic E-state index is -1.89. The molecule has 1 aliphatic carbocycles. The number of pyridine rings is 1. The van der Waals surface area contributed by atoms with Crippen LogP contribution in [0.25, 0.3) is 16.8 Å². The largest absolute Gasteiger partial charge is 0.374 e. The Kier molecular flexibility index (Phi) is 6.93. The van der Waals surface area contributed by atoms with E-state index >= 15 is 8.78 Å². The van der Waals surface area contributed by atoms with E-state index < -0.39 is 17.3 Å². The number of imidazole rings is 1. The summed E-state index contributed by atoms with van der Waals surface area (Å²) in [5, 5.41) is 10.9. The molecule has 3 aromatic heterocycles. The van der Waals surface area contributed by atoms with E-state index in [4.69, 9.17) is 4.74 Å². The topological polar surface area (TPSA) is 93.4 Å². The second kappa shape index (κ2) is 10.4. The van der Waals surface area contributed by atoms with Crippen molar-refractivity contribution in [1.82, 2.24) is 24.9 Å². The molecule has 214 valence electrons. The van der Waals surface area contributed by atoms with E-state index in [0.717, 1.165) is 36.2 Å². The van der Waals surface area contributed by atoms with Crippen molar-refractivity contribution in [2.24, 2.45) is 11.8 Å². The van der Waals surface area contributed by atoms with Gasteiger partial charge in [-0.1, -0.05) is 13.8 Å². The van der Waals surface area contributed by atoms with Crippen LogP contribution in [0.4, 0.5) is 24.8 Å². The maximum Gasteiger partial charge on any atom is 0.229 e. The first-order valence-electron chi connectivity index (χ1n) is 13.7. The number of hydrogen-bond donors (Lipinski definition) is 2. The first-order valence-corrected chi connectivity index (χ1v) is 13.7. The van der Waals surface area contributed by atoms with Gasteiger partial charge in [0.25, 0.3) is 0 Å². The third-order valence-electron chi connectivity index (χ3n) is 8.31. The summed E-state index contributed by atoms with van der Waals surface area (Å²) in [4.78, 5) is 20.5. The van der Waals surface area contributed by atoms with Crippen LogP contribution in [0, 0.1) is 23.5 Å². The number of hydrogen-bond acceptors (Lipinski definition) is 6. The molecule has 41 heavy (non-hydrogen) atoms. The Labute approximate surface area is 235 Å². The number of ether oxygens (including phenoxy) is 1. The summed E-state index contributed by atoms with van der Waals surface area (Å²) in [6, 6.07) is 7.28. The zero-order valence-corrected chi connectivity index (χ0v) is 23.0. The molecule has 0 spiro atoms. The van der Waals surface area contributed by atoms with Gasteiger partial charge >= 0.3 is 0 Å². The molecule has 2 unspecified atom stereocenters. The normalized spacial score (nSPS) is 23.7. The van der Waals surface area contributed by atoms with E-state index in [1.807, 2.05) is 6.07 Å². The highest BCUT2D eigenvalue weighted by molar-refractivity contribution is 5.73. The summed E-state index contributed by atoms with van der Waals surface area (Å²) >= 11 is 0. The van der Waals surface area contributed by atoms with Gasteiger partial charge in [-0.2, -0.15) is 9.61 Å². The van der Waals surface area contributed by atoms with E-state index in [9.17, 15) is 9.18 Å². The quantitative estimate of drug-likeness (QED) is 0.314. The molecule has 4 atom stereocenters. The Hall–Kier alpha value is -3.99. The van der Waals surface area contributed by atoms with Crippen molar-refractivity contribution in [2.75, 3.05) is 18.5 Å². The van der Waals surface area contributed by atoms with Crippen molar-refractivity contribution < 1.29 is 22.7 Å². The number of anilines is 2. The molecule has 8 nitrogen and oxygen atoms in total. The van der Waals surface area contributed by atoms with Gasteiger partial charge in [0.05, 0.1) is 48.1 Å². The molecule has 0 bridgehead atoms. The number of aromatic nitrogens is 4. The number of carbonyl (C=O) groups excluding carboxylic acids is 1. The van der Waals surface area contributed by atoms with Gasteiger partial charge in [0.2, 0.25) is 11.9 Å². The van der Waals surface area contributed by atoms with Gasteiger partial charge in [0.15, 0.2) is 5.67 Å². The molecule has 2 fully saturated rings. The Morgan fingerprint density at radius 3 is 2.41 bits per heavy atom. The standard InChI is InChI=1S/C30H31F3N6O2/c1-16-8-19(9-17(2)28(16)36-18(3)40)22-6-7-34-13-26(22)37-29-35-12-21-4-5-25(38-39(21)29)27-23(31)10-20(11-24(27)32)30(33)14-41-15-30/h4-7,10-13,16-17,19,28H,8-9,14-15H2,1-3H3,(H,35,37)(H,36,40)/t16-,17+,19?,28?. The van der Waals surface area contributed by atoms with Gasteiger partial charge < -0.3 is 15.4 Å². The smallest absolute Gasteiger partial charge is 0.229 e. The summed E-state index contributed by atoms with van der Waals surface area (Å²) in [7, 11) is 0. The number of rotatable bonds is 6. The van der Waals surface area contributed by atoms with Crippen molar-refractivity contribution in [1.29, 1.82) is 0 Å². The number of nitrogens with zero attached hydrogens (tertiary/aromatic N) is 4. The van der Waals surface area contributed by atoms with Crippen molar-refractivity contribution in [2.45, 2.75) is 51.2 Å². The summed E-state index contributed by atoms with van der Waals surface area (Å²) in [6.07, 6.45) is 6.86. The Bertz CT molecular complexity index is 1590. The zero-order chi connectivity index (χ0) is 28.9. The summed E-state index contributed by atoms with van der Waals surface area (Å²) < 4.78 is 51.3. The van der Waals surface area contributed by atoms with Gasteiger partial charge in [-0.15, -0.1) is 0 Å². The van der Waals surface area contributed by atoms with E-state index in [0.29, 0.717) is 11.5 Å². The maximum absolute atomic E-state index is 15.1. The average molecular weight is 565 g/mol. The fourth-order valence-electron chi connectivity index (χ4n) is 6.23. The third-order valence-corrected chi connectivity index (χ3v) is 8.31. The minimum Gasteiger partial charge on any atom is -0.374 e. The fourth-order valence-corrected chi connectivity index (χ4v) is 6.23. The van der Waals surface area contributed by atoms with Crippen molar-refractivity contribution in [3.63, 3.8) is 0 Å². The molecule has 1 saturated heterocycles. The number of carbonyl (C=O) groups is 1. The molecule has 1 aliphatic heterocycles. The van der Waals surface area contributed by atoms with Crippen LogP contribution in [0.1, 0.15) is 50.7 Å².